The second-order valence-electron chi connectivity index (χ2n) is 4.48. The first kappa shape index (κ1) is 17.7. The Balaban J connectivity index is 2.32. The van der Waals surface area contributed by atoms with E-state index in [2.05, 4.69) is 4.72 Å². The largest absolute Gasteiger partial charge is 0.416 e. The van der Waals surface area contributed by atoms with Gasteiger partial charge in [0.15, 0.2) is 0 Å². The van der Waals surface area contributed by atoms with Gasteiger partial charge in [0.25, 0.3) is 10.0 Å². The summed E-state index contributed by atoms with van der Waals surface area (Å²) in [7, 11) is -4.10. The van der Waals surface area contributed by atoms with E-state index >= 15 is 0 Å². The normalized spacial score (nSPS) is 12.2. The van der Waals surface area contributed by atoms with Crippen LogP contribution in [0.3, 0.4) is 0 Å². The first-order valence-electron chi connectivity index (χ1n) is 5.95. The number of benzene rings is 2. The molecule has 124 valence electrons. The minimum atomic E-state index is -4.55. The number of sulfonamides is 1. The first-order chi connectivity index (χ1) is 10.5. The molecule has 0 aliphatic carbocycles. The molecule has 0 fully saturated rings. The van der Waals surface area contributed by atoms with Crippen molar-refractivity contribution in [2.45, 2.75) is 11.1 Å². The Morgan fingerprint density at radius 1 is 1.00 bits per heavy atom. The average molecular weight is 385 g/mol. The number of hydrogen-bond acceptors (Lipinski definition) is 3. The van der Waals surface area contributed by atoms with Crippen LogP contribution in [0.4, 0.5) is 24.5 Å². The molecule has 0 aromatic heterocycles. The number of nitrogen functional groups attached to an aromatic ring is 1. The molecule has 0 saturated carbocycles. The molecule has 0 aliphatic heterocycles. The van der Waals surface area contributed by atoms with Gasteiger partial charge >= 0.3 is 6.18 Å². The third-order valence-corrected chi connectivity index (χ3v) is 4.85. The molecule has 0 unspecified atom stereocenters. The van der Waals surface area contributed by atoms with Crippen molar-refractivity contribution in [2.24, 2.45) is 0 Å². The van der Waals surface area contributed by atoms with Crippen LogP contribution in [0.2, 0.25) is 10.0 Å². The predicted octanol–water partition coefficient (Wildman–Crippen LogP) is 4.40. The molecule has 0 atom stereocenters. The third kappa shape index (κ3) is 4.01. The van der Waals surface area contributed by atoms with Crippen molar-refractivity contribution in [3.63, 3.8) is 0 Å². The fourth-order valence-corrected chi connectivity index (χ4v) is 3.21. The maximum Gasteiger partial charge on any atom is 0.416 e. The number of halogens is 5. The first-order valence-corrected chi connectivity index (χ1v) is 8.19. The molecule has 0 amide bonds. The molecule has 0 spiro atoms. The summed E-state index contributed by atoms with van der Waals surface area (Å²) >= 11 is 11.6. The zero-order valence-electron chi connectivity index (χ0n) is 11.2. The summed E-state index contributed by atoms with van der Waals surface area (Å²) in [6, 6.07) is 5.54. The minimum Gasteiger partial charge on any atom is -0.396 e. The lowest BCUT2D eigenvalue weighted by atomic mass is 10.2. The van der Waals surface area contributed by atoms with Gasteiger partial charge in [-0.25, -0.2) is 8.42 Å². The molecule has 0 heterocycles. The molecule has 0 aliphatic rings. The number of hydrogen-bond donors (Lipinski definition) is 2. The Labute approximate surface area is 140 Å². The third-order valence-electron chi connectivity index (χ3n) is 2.82. The molecule has 2 aromatic rings. The lowest BCUT2D eigenvalue weighted by molar-refractivity contribution is -0.137. The van der Waals surface area contributed by atoms with Crippen molar-refractivity contribution in [1.29, 1.82) is 0 Å². The van der Waals surface area contributed by atoms with Gasteiger partial charge in [-0.15, -0.1) is 0 Å². The second kappa shape index (κ2) is 6.10. The Hall–Kier alpha value is -1.64. The summed E-state index contributed by atoms with van der Waals surface area (Å²) in [6.07, 6.45) is -4.55. The van der Waals surface area contributed by atoms with Crippen LogP contribution >= 0.6 is 23.2 Å². The van der Waals surface area contributed by atoms with Gasteiger partial charge < -0.3 is 5.73 Å². The van der Waals surface area contributed by atoms with Crippen molar-refractivity contribution in [2.75, 3.05) is 10.5 Å². The minimum absolute atomic E-state index is 0.0362. The zero-order valence-corrected chi connectivity index (χ0v) is 13.5. The average Bonchev–Trinajstić information content (AvgIpc) is 2.43. The standard InChI is InChI=1S/C13H9Cl2F3N2O2S/c14-10-5-8(6-11(15)12(10)19)20-23(21,22)9-3-1-7(2-4-9)13(16,17)18/h1-6,20H,19H2. The van der Waals surface area contributed by atoms with Crippen molar-refractivity contribution in [3.8, 4) is 0 Å². The molecule has 3 N–H and O–H groups in total. The van der Waals surface area contributed by atoms with Crippen LogP contribution in [0, 0.1) is 0 Å². The zero-order chi connectivity index (χ0) is 17.4. The Morgan fingerprint density at radius 3 is 1.91 bits per heavy atom. The van der Waals surface area contributed by atoms with Gasteiger partial charge in [-0.3, -0.25) is 4.72 Å². The van der Waals surface area contributed by atoms with Crippen LogP contribution in [-0.2, 0) is 16.2 Å². The van der Waals surface area contributed by atoms with Crippen molar-refractivity contribution >= 4 is 44.6 Å². The highest BCUT2D eigenvalue weighted by Crippen LogP contribution is 2.33. The fourth-order valence-electron chi connectivity index (χ4n) is 1.68. The van der Waals surface area contributed by atoms with E-state index < -0.39 is 21.8 Å². The molecule has 0 bridgehead atoms. The van der Waals surface area contributed by atoms with Crippen LogP contribution in [-0.4, -0.2) is 8.42 Å². The molecule has 0 saturated heterocycles. The van der Waals surface area contributed by atoms with E-state index in [4.69, 9.17) is 28.9 Å². The van der Waals surface area contributed by atoms with E-state index in [-0.39, 0.29) is 26.3 Å². The highest BCUT2D eigenvalue weighted by Gasteiger charge is 2.30. The van der Waals surface area contributed by atoms with Crippen LogP contribution in [0.25, 0.3) is 0 Å². The van der Waals surface area contributed by atoms with Gasteiger partial charge in [0, 0.05) is 0 Å². The van der Waals surface area contributed by atoms with E-state index in [1.807, 2.05) is 0 Å². The monoisotopic (exact) mass is 384 g/mol. The predicted molar refractivity (Wildman–Crippen MR) is 83.1 cm³/mol. The summed E-state index contributed by atoms with van der Waals surface area (Å²) in [6.45, 7) is 0. The van der Waals surface area contributed by atoms with Gasteiger partial charge in [-0.05, 0) is 36.4 Å². The van der Waals surface area contributed by atoms with Crippen LogP contribution in [0.5, 0.6) is 0 Å². The van der Waals surface area contributed by atoms with Gasteiger partial charge in [0.05, 0.1) is 31.9 Å². The van der Waals surface area contributed by atoms with Gasteiger partial charge in [-0.2, -0.15) is 13.2 Å². The summed E-state index contributed by atoms with van der Waals surface area (Å²) in [5.74, 6) is 0. The van der Waals surface area contributed by atoms with Crippen molar-refractivity contribution in [3.05, 3.63) is 52.0 Å². The van der Waals surface area contributed by atoms with Crippen LogP contribution in [0.15, 0.2) is 41.3 Å². The lowest BCUT2D eigenvalue weighted by Crippen LogP contribution is -2.14. The molecule has 0 radical (unpaired) electrons. The maximum absolute atomic E-state index is 12.5. The fraction of sp³-hybridized carbons (Fsp3) is 0.0769. The van der Waals surface area contributed by atoms with Crippen molar-refractivity contribution in [1.82, 2.24) is 0 Å². The van der Waals surface area contributed by atoms with E-state index in [1.165, 1.54) is 12.1 Å². The van der Waals surface area contributed by atoms with E-state index in [1.54, 1.807) is 0 Å². The van der Waals surface area contributed by atoms with Gasteiger partial charge in [0.1, 0.15) is 0 Å². The van der Waals surface area contributed by atoms with Gasteiger partial charge in [0.2, 0.25) is 0 Å². The quantitative estimate of drug-likeness (QED) is 0.770. The van der Waals surface area contributed by atoms with E-state index in [0.29, 0.717) is 12.1 Å². The number of rotatable bonds is 3. The highest BCUT2D eigenvalue weighted by molar-refractivity contribution is 7.92. The van der Waals surface area contributed by atoms with E-state index in [0.717, 1.165) is 12.1 Å². The number of alkyl halides is 3. The molecule has 2 rings (SSSR count). The van der Waals surface area contributed by atoms with Crippen LogP contribution in [0.1, 0.15) is 5.56 Å². The van der Waals surface area contributed by atoms with Gasteiger partial charge in [-0.1, -0.05) is 23.2 Å². The summed E-state index contributed by atoms with van der Waals surface area (Å²) < 4.78 is 63.9. The number of nitrogens with one attached hydrogen (secondary N) is 1. The summed E-state index contributed by atoms with van der Waals surface area (Å²) in [5.41, 5.74) is 4.71. The lowest BCUT2D eigenvalue weighted by Gasteiger charge is -2.11. The number of anilines is 2. The maximum atomic E-state index is 12.5. The topological polar surface area (TPSA) is 72.2 Å². The molecular formula is C13H9Cl2F3N2O2S. The molecular weight excluding hydrogens is 376 g/mol. The molecule has 2 aromatic carbocycles. The summed E-state index contributed by atoms with van der Waals surface area (Å²) in [5, 5.41) is 0.0882. The Morgan fingerprint density at radius 2 is 1.48 bits per heavy atom. The Bertz CT molecular complexity index is 814. The Kier molecular flexibility index (Phi) is 4.70. The van der Waals surface area contributed by atoms with Crippen molar-refractivity contribution < 1.29 is 21.6 Å². The van der Waals surface area contributed by atoms with E-state index in [9.17, 15) is 21.6 Å². The summed E-state index contributed by atoms with van der Waals surface area (Å²) in [4.78, 5) is -0.338. The number of nitrogens with two attached hydrogens (primary N) is 1. The smallest absolute Gasteiger partial charge is 0.396 e. The SMILES string of the molecule is Nc1c(Cl)cc(NS(=O)(=O)c2ccc(C(F)(F)F)cc2)cc1Cl. The highest BCUT2D eigenvalue weighted by atomic mass is 35.5. The second-order valence-corrected chi connectivity index (χ2v) is 6.98. The molecule has 4 nitrogen and oxygen atoms in total. The molecule has 10 heteroatoms. The van der Waals surface area contributed by atoms with Crippen LogP contribution < -0.4 is 10.5 Å². The molecule has 23 heavy (non-hydrogen) atoms.